The number of carbonyl (C=O) groups excluding carboxylic acids is 3. The minimum atomic E-state index is -0.594. The maximum atomic E-state index is 12.1. The first kappa shape index (κ1) is 42.4. The molecule has 2 aliphatic heterocycles. The summed E-state index contributed by atoms with van der Waals surface area (Å²) in [6, 6.07) is 7.79. The Kier molecular flexibility index (Phi) is 14.1. The molecular weight excluding hydrogens is 765 g/mol. The predicted octanol–water partition coefficient (Wildman–Crippen LogP) is 6.09. The number of aromatic nitrogens is 4. The molecule has 0 unspecified atom stereocenters. The van der Waals surface area contributed by atoms with Gasteiger partial charge in [-0.25, -0.2) is 14.6 Å². The van der Waals surface area contributed by atoms with E-state index in [4.69, 9.17) is 12.3 Å². The normalized spacial score (nSPS) is 19.0. The van der Waals surface area contributed by atoms with Gasteiger partial charge in [0.1, 0.15) is 16.2 Å². The fourth-order valence-corrected chi connectivity index (χ4v) is 8.12. The zero-order chi connectivity index (χ0) is 41.4. The second kappa shape index (κ2) is 18.9. The summed E-state index contributed by atoms with van der Waals surface area (Å²) in [7, 11) is 6.94. The molecule has 4 aromatic heterocycles. The summed E-state index contributed by atoms with van der Waals surface area (Å²) in [6.45, 7) is 17.2. The lowest BCUT2D eigenvalue weighted by atomic mass is 9.97. The summed E-state index contributed by atoms with van der Waals surface area (Å²) in [4.78, 5) is 55.8. The summed E-state index contributed by atoms with van der Waals surface area (Å²) < 4.78 is 8.52. The van der Waals surface area contributed by atoms with Crippen molar-refractivity contribution in [1.82, 2.24) is 39.1 Å². The third-order valence-electron chi connectivity index (χ3n) is 9.91. The smallest absolute Gasteiger partial charge is 0.317 e. The van der Waals surface area contributed by atoms with Crippen LogP contribution < -0.4 is 36.8 Å². The number of carbonyl (C=O) groups is 3. The van der Waals surface area contributed by atoms with Gasteiger partial charge in [0.2, 0.25) is 0 Å². The quantitative estimate of drug-likeness (QED) is 0.123. The molecule has 17 nitrogen and oxygen atoms in total. The van der Waals surface area contributed by atoms with E-state index in [-0.39, 0.29) is 41.9 Å². The molecule has 0 radical (unpaired) electrons. The van der Waals surface area contributed by atoms with Crippen molar-refractivity contribution in [3.63, 3.8) is 0 Å². The SMILES string of the molecule is Cc1cc(Nc2cc(N3CCC[C@@H](NC(=O)N(C)C)[C@H]3C)cnc2C(N)=O)sn1.[C-]#[N+]c1ncc(N2CCC[C@@H](NC(=O)N(C)C)[C@H]2C)cc1Nc1cc(C)ns1. The fourth-order valence-electron chi connectivity index (χ4n) is 6.77. The molecule has 6 rings (SSSR count). The van der Waals surface area contributed by atoms with Gasteiger partial charge < -0.3 is 51.4 Å². The second-order valence-electron chi connectivity index (χ2n) is 14.6. The monoisotopic (exact) mass is 816 g/mol. The van der Waals surface area contributed by atoms with Gasteiger partial charge in [0.05, 0.1) is 52.4 Å². The number of nitrogens with one attached hydrogen (secondary N) is 4. The molecule has 2 fully saturated rings. The fraction of sp³-hybridized carbons (Fsp3) is 0.474. The highest BCUT2D eigenvalue weighted by Gasteiger charge is 2.32. The molecule has 6 N–H and O–H groups in total. The molecule has 0 aromatic carbocycles. The Hall–Kier alpha value is -5.74. The lowest BCUT2D eigenvalue weighted by molar-refractivity contribution is 0.0996. The molecule has 19 heteroatoms. The number of amides is 5. The highest BCUT2D eigenvalue weighted by molar-refractivity contribution is 7.10. The third-order valence-corrected chi connectivity index (χ3v) is 11.5. The van der Waals surface area contributed by atoms with Crippen molar-refractivity contribution in [2.24, 2.45) is 5.73 Å². The zero-order valence-corrected chi connectivity index (χ0v) is 35.3. The first-order valence-electron chi connectivity index (χ1n) is 18.7. The Balaban J connectivity index is 0.000000218. The molecule has 4 aromatic rings. The van der Waals surface area contributed by atoms with Gasteiger partial charge in [-0.05, 0) is 101 Å². The van der Waals surface area contributed by atoms with E-state index in [9.17, 15) is 14.4 Å². The molecule has 5 amide bonds. The Bertz CT molecular complexity index is 2080. The van der Waals surface area contributed by atoms with Crippen LogP contribution in [0.2, 0.25) is 0 Å². The topological polar surface area (TPSA) is 194 Å². The van der Waals surface area contributed by atoms with Crippen LogP contribution in [0.15, 0.2) is 36.7 Å². The van der Waals surface area contributed by atoms with Crippen molar-refractivity contribution in [2.75, 3.05) is 61.7 Å². The molecule has 2 saturated heterocycles. The van der Waals surface area contributed by atoms with E-state index < -0.39 is 5.91 Å². The maximum absolute atomic E-state index is 12.1. The Morgan fingerprint density at radius 1 is 0.772 bits per heavy atom. The van der Waals surface area contributed by atoms with Gasteiger partial charge in [-0.1, -0.05) is 6.57 Å². The summed E-state index contributed by atoms with van der Waals surface area (Å²) in [5.74, 6) is -0.264. The minimum absolute atomic E-state index is 0.0232. The summed E-state index contributed by atoms with van der Waals surface area (Å²) in [5.41, 5.74) is 10.6. The molecular formula is C38H52N14O3S2. The van der Waals surface area contributed by atoms with Gasteiger partial charge in [-0.2, -0.15) is 8.75 Å². The van der Waals surface area contributed by atoms with Crippen molar-refractivity contribution < 1.29 is 14.4 Å². The van der Waals surface area contributed by atoms with Crippen LogP contribution in [-0.4, -0.2) is 112 Å². The van der Waals surface area contributed by atoms with Crippen LogP contribution in [-0.2, 0) is 0 Å². The number of pyridine rings is 2. The molecule has 0 aliphatic carbocycles. The van der Waals surface area contributed by atoms with E-state index in [0.29, 0.717) is 17.2 Å². The van der Waals surface area contributed by atoms with Crippen LogP contribution in [0.3, 0.4) is 0 Å². The lowest BCUT2D eigenvalue weighted by Crippen LogP contribution is -2.55. The largest absolute Gasteiger partial charge is 0.365 e. The molecule has 0 saturated carbocycles. The number of hydrogen-bond acceptors (Lipinski definition) is 13. The first-order valence-corrected chi connectivity index (χ1v) is 20.3. The van der Waals surface area contributed by atoms with Crippen LogP contribution in [0.25, 0.3) is 4.85 Å². The van der Waals surface area contributed by atoms with Crippen molar-refractivity contribution in [3.8, 4) is 0 Å². The second-order valence-corrected chi connectivity index (χ2v) is 16.2. The summed E-state index contributed by atoms with van der Waals surface area (Å²) >= 11 is 2.67. The Labute approximate surface area is 342 Å². The summed E-state index contributed by atoms with van der Waals surface area (Å²) in [6.07, 6.45) is 7.17. The highest BCUT2D eigenvalue weighted by Crippen LogP contribution is 2.34. The molecule has 4 atom stereocenters. The van der Waals surface area contributed by atoms with Crippen molar-refractivity contribution >= 4 is 79.6 Å². The molecule has 304 valence electrons. The molecule has 0 bridgehead atoms. The van der Waals surface area contributed by atoms with Gasteiger partial charge in [-0.15, -0.1) is 4.98 Å². The van der Waals surface area contributed by atoms with E-state index in [1.54, 1.807) is 45.5 Å². The predicted molar refractivity (Wildman–Crippen MR) is 228 cm³/mol. The van der Waals surface area contributed by atoms with Gasteiger partial charge >= 0.3 is 12.1 Å². The van der Waals surface area contributed by atoms with Gasteiger partial charge in [-0.3, -0.25) is 4.79 Å². The number of primary amides is 1. The van der Waals surface area contributed by atoms with Gasteiger partial charge in [0.15, 0.2) is 5.69 Å². The standard InChI is InChI=1S/C19H27N7O2S.C19H25N7OS/c1-11-8-16(29-24-11)22-15-9-13(10-21-17(15)18(20)27)26-7-5-6-14(12(26)2)23-19(28)25(3)4;1-12-9-17(28-24-12)22-16-10-14(11-21-18(16)20-3)26-8-6-7-15(13(26)2)23-19(27)25(4)5/h8-10,12,14,22H,5-7H2,1-4H3,(H2,20,27)(H,23,28);9-11,13,15,22H,6-8H2,1-2,4-5H3,(H,23,27)/t12-,14-;13-,15-/m11/s1. The maximum Gasteiger partial charge on any atom is 0.317 e. The van der Waals surface area contributed by atoms with Crippen molar-refractivity contribution in [1.29, 1.82) is 0 Å². The van der Waals surface area contributed by atoms with Crippen molar-refractivity contribution in [2.45, 2.75) is 77.5 Å². The number of anilines is 6. The summed E-state index contributed by atoms with van der Waals surface area (Å²) in [5, 5.41) is 14.4. The van der Waals surface area contributed by atoms with Crippen LogP contribution in [0.4, 0.5) is 48.2 Å². The minimum Gasteiger partial charge on any atom is -0.365 e. The van der Waals surface area contributed by atoms with E-state index >= 15 is 0 Å². The number of urea groups is 2. The molecule has 0 spiro atoms. The number of hydrogen-bond donors (Lipinski definition) is 5. The third kappa shape index (κ3) is 10.8. The van der Waals surface area contributed by atoms with Gasteiger partial charge in [0, 0.05) is 53.4 Å². The molecule has 6 heterocycles. The van der Waals surface area contributed by atoms with Crippen LogP contribution in [0.1, 0.15) is 61.4 Å². The average molecular weight is 817 g/mol. The van der Waals surface area contributed by atoms with Crippen molar-refractivity contribution in [3.05, 3.63) is 65.2 Å². The zero-order valence-electron chi connectivity index (χ0n) is 33.7. The first-order chi connectivity index (χ1) is 27.1. The van der Waals surface area contributed by atoms with Crippen LogP contribution in [0, 0.1) is 20.4 Å². The number of piperidine rings is 2. The average Bonchev–Trinajstić information content (AvgIpc) is 3.79. The van der Waals surface area contributed by atoms with E-state index in [2.05, 4.69) is 68.5 Å². The Morgan fingerprint density at radius 3 is 1.65 bits per heavy atom. The number of rotatable bonds is 9. The molecule has 57 heavy (non-hydrogen) atoms. The number of aryl methyl sites for hydroxylation is 2. The Morgan fingerprint density at radius 2 is 1.23 bits per heavy atom. The highest BCUT2D eigenvalue weighted by atomic mass is 32.1. The number of nitrogens with zero attached hydrogens (tertiary/aromatic N) is 9. The van der Waals surface area contributed by atoms with Crippen LogP contribution in [0.5, 0.6) is 0 Å². The number of nitrogens with two attached hydrogens (primary N) is 1. The van der Waals surface area contributed by atoms with E-state index in [1.165, 1.54) is 28.0 Å². The molecule has 2 aliphatic rings. The van der Waals surface area contributed by atoms with Crippen LogP contribution >= 0.6 is 23.1 Å². The van der Waals surface area contributed by atoms with E-state index in [0.717, 1.165) is 71.5 Å². The lowest BCUT2D eigenvalue weighted by Gasteiger charge is -2.41. The van der Waals surface area contributed by atoms with E-state index in [1.807, 2.05) is 38.1 Å². The van der Waals surface area contributed by atoms with Gasteiger partial charge in [0.25, 0.3) is 11.7 Å².